The van der Waals surface area contributed by atoms with Crippen LogP contribution in [0.5, 0.6) is 0 Å². The van der Waals surface area contributed by atoms with Gasteiger partial charge in [-0.25, -0.2) is 0 Å². The molecule has 0 aromatic rings. The molecule has 0 aliphatic carbocycles. The van der Waals surface area contributed by atoms with Crippen molar-refractivity contribution in [2.45, 2.75) is 39.7 Å². The van der Waals surface area contributed by atoms with Crippen LogP contribution in [0.3, 0.4) is 0 Å². The highest BCUT2D eigenvalue weighted by atomic mass is 16.4. The molecular weight excluding hydrogens is 216 g/mol. The van der Waals surface area contributed by atoms with Gasteiger partial charge in [0.15, 0.2) is 0 Å². The van der Waals surface area contributed by atoms with Gasteiger partial charge in [-0.2, -0.15) is 0 Å². The predicted octanol–water partition coefficient (Wildman–Crippen LogP) is 1.51. The molecule has 1 unspecified atom stereocenters. The lowest BCUT2D eigenvalue weighted by molar-refractivity contribution is -0.138. The lowest BCUT2D eigenvalue weighted by atomic mass is 9.92. The maximum atomic E-state index is 10.9. The van der Waals surface area contributed by atoms with Crippen molar-refractivity contribution in [2.75, 3.05) is 33.2 Å². The van der Waals surface area contributed by atoms with E-state index < -0.39 is 5.97 Å². The van der Waals surface area contributed by atoms with E-state index in [1.165, 1.54) is 0 Å². The van der Waals surface area contributed by atoms with Crippen LogP contribution in [-0.2, 0) is 4.79 Å². The van der Waals surface area contributed by atoms with Crippen LogP contribution in [0.25, 0.3) is 0 Å². The lowest BCUT2D eigenvalue weighted by Crippen LogP contribution is -2.40. The van der Waals surface area contributed by atoms with Gasteiger partial charge < -0.3 is 14.9 Å². The Morgan fingerprint density at radius 1 is 1.41 bits per heavy atom. The highest BCUT2D eigenvalue weighted by molar-refractivity contribution is 5.67. The van der Waals surface area contributed by atoms with E-state index in [4.69, 9.17) is 5.11 Å². The maximum Gasteiger partial charge on any atom is 0.304 e. The first-order chi connectivity index (χ1) is 7.84. The Balaban J connectivity index is 2.74. The molecule has 4 heteroatoms. The summed E-state index contributed by atoms with van der Waals surface area (Å²) in [4.78, 5) is 15.5. The van der Waals surface area contributed by atoms with Crippen LogP contribution in [0.4, 0.5) is 0 Å². The molecule has 1 saturated heterocycles. The minimum absolute atomic E-state index is 0.140. The maximum absolute atomic E-state index is 10.9. The Kier molecular flexibility index (Phi) is 4.95. The molecule has 1 heterocycles. The first kappa shape index (κ1) is 14.5. The minimum Gasteiger partial charge on any atom is -0.481 e. The highest BCUT2D eigenvalue weighted by Crippen LogP contribution is 2.24. The molecule has 17 heavy (non-hydrogen) atoms. The largest absolute Gasteiger partial charge is 0.481 e. The molecule has 1 fully saturated rings. The van der Waals surface area contributed by atoms with Crippen molar-refractivity contribution in [3.8, 4) is 0 Å². The number of aliphatic carboxylic acids is 1. The summed E-state index contributed by atoms with van der Waals surface area (Å²) in [7, 11) is 2.05. The second kappa shape index (κ2) is 5.83. The normalized spacial score (nSPS) is 26.7. The molecule has 0 amide bonds. The fourth-order valence-electron chi connectivity index (χ4n) is 2.87. The Hall–Kier alpha value is -0.610. The quantitative estimate of drug-likeness (QED) is 0.811. The van der Waals surface area contributed by atoms with Crippen molar-refractivity contribution in [2.24, 2.45) is 5.41 Å². The molecule has 0 spiro atoms. The molecule has 0 bridgehead atoms. The van der Waals surface area contributed by atoms with Crippen LogP contribution in [0.1, 0.15) is 33.6 Å². The molecule has 1 N–H and O–H groups in total. The zero-order chi connectivity index (χ0) is 13.1. The van der Waals surface area contributed by atoms with Gasteiger partial charge in [-0.15, -0.1) is 0 Å². The third kappa shape index (κ3) is 4.64. The molecule has 0 aromatic heterocycles. The molecule has 100 valence electrons. The first-order valence-electron chi connectivity index (χ1n) is 6.48. The number of carboxylic acids is 1. The molecular formula is C13H26N2O2. The summed E-state index contributed by atoms with van der Waals surface area (Å²) in [6.07, 6.45) is 1.37. The van der Waals surface area contributed by atoms with E-state index in [0.29, 0.717) is 0 Å². The number of hydrogen-bond donors (Lipinski definition) is 1. The summed E-state index contributed by atoms with van der Waals surface area (Å²) in [5, 5.41) is 8.98. The van der Waals surface area contributed by atoms with Crippen LogP contribution in [0.15, 0.2) is 0 Å². The Morgan fingerprint density at radius 3 is 2.59 bits per heavy atom. The van der Waals surface area contributed by atoms with Crippen LogP contribution in [0, 0.1) is 5.41 Å². The standard InChI is InChI=1S/C13H26N2O2/c1-5-6-15-8-11(7-12(16)17)14(4)9-13(2,3)10-15/h11H,5-10H2,1-4H3,(H,16,17). The summed E-state index contributed by atoms with van der Waals surface area (Å²) in [6.45, 7) is 10.7. The first-order valence-corrected chi connectivity index (χ1v) is 6.48. The number of carboxylic acid groups (broad SMARTS) is 1. The minimum atomic E-state index is -0.696. The average Bonchev–Trinajstić information content (AvgIpc) is 2.23. The van der Waals surface area contributed by atoms with Gasteiger partial charge in [0.2, 0.25) is 0 Å². The fraction of sp³-hybridized carbons (Fsp3) is 0.923. The molecule has 0 aromatic carbocycles. The van der Waals surface area contributed by atoms with Crippen molar-refractivity contribution in [1.82, 2.24) is 9.80 Å². The van der Waals surface area contributed by atoms with Crippen molar-refractivity contribution < 1.29 is 9.90 Å². The van der Waals surface area contributed by atoms with Crippen LogP contribution in [0.2, 0.25) is 0 Å². The Morgan fingerprint density at radius 2 is 2.06 bits per heavy atom. The molecule has 1 atom stereocenters. The molecule has 4 nitrogen and oxygen atoms in total. The summed E-state index contributed by atoms with van der Waals surface area (Å²) in [5.41, 5.74) is 0.233. The van der Waals surface area contributed by atoms with Gasteiger partial charge in [0.05, 0.1) is 6.42 Å². The number of hydrogen-bond acceptors (Lipinski definition) is 3. The van der Waals surface area contributed by atoms with Gasteiger partial charge in [-0.05, 0) is 25.4 Å². The lowest BCUT2D eigenvalue weighted by Gasteiger charge is -2.30. The predicted molar refractivity (Wildman–Crippen MR) is 69.2 cm³/mol. The van der Waals surface area contributed by atoms with Gasteiger partial charge in [-0.1, -0.05) is 20.8 Å². The number of carbonyl (C=O) groups is 1. The Bertz CT molecular complexity index is 266. The van der Waals surface area contributed by atoms with Gasteiger partial charge >= 0.3 is 5.97 Å². The SMILES string of the molecule is CCCN1CC(CC(=O)O)N(C)CC(C)(C)C1. The van der Waals surface area contributed by atoms with Gasteiger partial charge in [-0.3, -0.25) is 4.79 Å². The van der Waals surface area contributed by atoms with Crippen LogP contribution >= 0.6 is 0 Å². The van der Waals surface area contributed by atoms with Gasteiger partial charge in [0.1, 0.15) is 0 Å². The molecule has 1 aliphatic rings. The topological polar surface area (TPSA) is 43.8 Å². The number of nitrogens with zero attached hydrogens (tertiary/aromatic N) is 2. The van der Waals surface area contributed by atoms with Crippen LogP contribution < -0.4 is 0 Å². The molecule has 0 radical (unpaired) electrons. The van der Waals surface area contributed by atoms with Crippen molar-refractivity contribution >= 4 is 5.97 Å². The third-order valence-electron chi connectivity index (χ3n) is 3.37. The van der Waals surface area contributed by atoms with E-state index in [0.717, 1.165) is 32.6 Å². The Labute approximate surface area is 105 Å². The smallest absolute Gasteiger partial charge is 0.304 e. The highest BCUT2D eigenvalue weighted by Gasteiger charge is 2.32. The zero-order valence-corrected chi connectivity index (χ0v) is 11.6. The van der Waals surface area contributed by atoms with Crippen LogP contribution in [-0.4, -0.2) is 60.1 Å². The van der Waals surface area contributed by atoms with Crippen molar-refractivity contribution in [3.05, 3.63) is 0 Å². The van der Waals surface area contributed by atoms with E-state index >= 15 is 0 Å². The number of likely N-dealkylation sites (N-methyl/N-ethyl adjacent to an activating group) is 1. The van der Waals surface area contributed by atoms with Crippen molar-refractivity contribution in [1.29, 1.82) is 0 Å². The van der Waals surface area contributed by atoms with E-state index in [1.807, 2.05) is 7.05 Å². The monoisotopic (exact) mass is 242 g/mol. The van der Waals surface area contributed by atoms with Crippen molar-refractivity contribution in [3.63, 3.8) is 0 Å². The summed E-state index contributed by atoms with van der Waals surface area (Å²) in [6, 6.07) is 0.140. The summed E-state index contributed by atoms with van der Waals surface area (Å²) >= 11 is 0. The number of rotatable bonds is 4. The summed E-state index contributed by atoms with van der Waals surface area (Å²) in [5.74, 6) is -0.696. The van der Waals surface area contributed by atoms with E-state index in [2.05, 4.69) is 30.6 Å². The second-order valence-corrected chi connectivity index (χ2v) is 6.07. The molecule has 1 rings (SSSR count). The second-order valence-electron chi connectivity index (χ2n) is 6.07. The zero-order valence-electron chi connectivity index (χ0n) is 11.6. The average molecular weight is 242 g/mol. The van der Waals surface area contributed by atoms with E-state index in [-0.39, 0.29) is 17.9 Å². The third-order valence-corrected chi connectivity index (χ3v) is 3.37. The molecule has 0 saturated carbocycles. The van der Waals surface area contributed by atoms with E-state index in [1.54, 1.807) is 0 Å². The van der Waals surface area contributed by atoms with E-state index in [9.17, 15) is 4.79 Å². The van der Waals surface area contributed by atoms with Gasteiger partial charge in [0.25, 0.3) is 0 Å². The van der Waals surface area contributed by atoms with Gasteiger partial charge in [0, 0.05) is 25.7 Å². The summed E-state index contributed by atoms with van der Waals surface area (Å²) < 4.78 is 0. The molecule has 1 aliphatic heterocycles. The fourth-order valence-corrected chi connectivity index (χ4v) is 2.87.